The van der Waals surface area contributed by atoms with Crippen LogP contribution in [0, 0.1) is 5.92 Å². The molecule has 2 fully saturated rings. The van der Waals surface area contributed by atoms with Gasteiger partial charge in [-0.05, 0) is 25.3 Å². The lowest BCUT2D eigenvalue weighted by Crippen LogP contribution is -2.30. The van der Waals surface area contributed by atoms with Gasteiger partial charge < -0.3 is 10.4 Å². The zero-order valence-corrected chi connectivity index (χ0v) is 6.99. The summed E-state index contributed by atoms with van der Waals surface area (Å²) in [4.78, 5) is 10.3. The zero-order valence-electron chi connectivity index (χ0n) is 6.17. The van der Waals surface area contributed by atoms with E-state index in [-0.39, 0.29) is 17.9 Å². The highest BCUT2D eigenvalue weighted by Gasteiger charge is 2.57. The van der Waals surface area contributed by atoms with Crippen LogP contribution in [0.25, 0.3) is 0 Å². The van der Waals surface area contributed by atoms with Crippen LogP contribution in [0.2, 0.25) is 0 Å². The van der Waals surface area contributed by atoms with E-state index in [1.54, 1.807) is 0 Å². The van der Waals surface area contributed by atoms with Gasteiger partial charge in [0.15, 0.2) is 0 Å². The van der Waals surface area contributed by atoms with Gasteiger partial charge in [-0.15, -0.1) is 12.4 Å². The minimum Gasteiger partial charge on any atom is -0.481 e. The molecule has 64 valence electrons. The van der Waals surface area contributed by atoms with Crippen LogP contribution < -0.4 is 5.32 Å². The summed E-state index contributed by atoms with van der Waals surface area (Å²) >= 11 is 0. The second-order valence-corrected chi connectivity index (χ2v) is 3.34. The maximum atomic E-state index is 10.3. The van der Waals surface area contributed by atoms with Crippen LogP contribution in [0.1, 0.15) is 19.3 Å². The summed E-state index contributed by atoms with van der Waals surface area (Å²) in [6.07, 6.45) is 2.57. The summed E-state index contributed by atoms with van der Waals surface area (Å²) in [5.41, 5.74) is 0.0336. The van der Waals surface area contributed by atoms with Crippen molar-refractivity contribution >= 4 is 18.4 Å². The highest BCUT2D eigenvalue weighted by Crippen LogP contribution is 2.51. The van der Waals surface area contributed by atoms with Crippen molar-refractivity contribution < 1.29 is 9.90 Å². The monoisotopic (exact) mass is 177 g/mol. The number of halogens is 1. The summed E-state index contributed by atoms with van der Waals surface area (Å²) < 4.78 is 0. The lowest BCUT2D eigenvalue weighted by Gasteiger charge is -2.08. The first kappa shape index (κ1) is 8.81. The second-order valence-electron chi connectivity index (χ2n) is 3.34. The van der Waals surface area contributed by atoms with Gasteiger partial charge in [-0.3, -0.25) is 4.79 Å². The van der Waals surface area contributed by atoms with E-state index >= 15 is 0 Å². The molecule has 2 rings (SSSR count). The Morgan fingerprint density at radius 1 is 1.73 bits per heavy atom. The Hall–Kier alpha value is -0.280. The van der Waals surface area contributed by atoms with Crippen LogP contribution in [0.5, 0.6) is 0 Å². The van der Waals surface area contributed by atoms with Gasteiger partial charge in [0.2, 0.25) is 0 Å². The molecule has 0 aromatic rings. The average Bonchev–Trinajstić information content (AvgIpc) is 2.33. The first-order valence-electron chi connectivity index (χ1n) is 3.70. The van der Waals surface area contributed by atoms with Crippen molar-refractivity contribution in [1.82, 2.24) is 5.32 Å². The molecular weight excluding hydrogens is 166 g/mol. The molecule has 0 bridgehead atoms. The van der Waals surface area contributed by atoms with Gasteiger partial charge in [0.25, 0.3) is 0 Å². The van der Waals surface area contributed by atoms with Crippen molar-refractivity contribution in [2.24, 2.45) is 5.92 Å². The predicted octanol–water partition coefficient (Wildman–Crippen LogP) is 0.635. The number of fused-ring (bicyclic) bond motifs is 1. The molecule has 0 aromatic heterocycles. The van der Waals surface area contributed by atoms with E-state index in [9.17, 15) is 4.79 Å². The molecule has 0 spiro atoms. The highest BCUT2D eigenvalue weighted by atomic mass is 35.5. The first-order valence-corrected chi connectivity index (χ1v) is 3.70. The molecule has 2 unspecified atom stereocenters. The number of carboxylic acids is 1. The number of hydrogen-bond acceptors (Lipinski definition) is 2. The molecular formula is C7H12ClNO2. The molecule has 0 aromatic carbocycles. The van der Waals surface area contributed by atoms with E-state index in [0.29, 0.717) is 12.3 Å². The lowest BCUT2D eigenvalue weighted by molar-refractivity contribution is -0.137. The van der Waals surface area contributed by atoms with Crippen LogP contribution >= 0.6 is 12.4 Å². The van der Waals surface area contributed by atoms with Crippen molar-refractivity contribution in [3.05, 3.63) is 0 Å². The summed E-state index contributed by atoms with van der Waals surface area (Å²) in [6, 6.07) is 0. The third-order valence-corrected chi connectivity index (χ3v) is 2.67. The molecule has 11 heavy (non-hydrogen) atoms. The molecule has 1 aliphatic heterocycles. The van der Waals surface area contributed by atoms with Crippen molar-refractivity contribution in [3.63, 3.8) is 0 Å². The van der Waals surface area contributed by atoms with Crippen molar-refractivity contribution in [3.8, 4) is 0 Å². The Bertz CT molecular complexity index is 185. The maximum absolute atomic E-state index is 10.3. The normalized spacial score (nSPS) is 39.1. The topological polar surface area (TPSA) is 49.3 Å². The summed E-state index contributed by atoms with van der Waals surface area (Å²) in [7, 11) is 0. The van der Waals surface area contributed by atoms with E-state index in [1.807, 2.05) is 0 Å². The van der Waals surface area contributed by atoms with Gasteiger partial charge in [-0.2, -0.15) is 0 Å². The van der Waals surface area contributed by atoms with Gasteiger partial charge in [0, 0.05) is 5.54 Å². The fraction of sp³-hybridized carbons (Fsp3) is 0.857. The van der Waals surface area contributed by atoms with E-state index in [4.69, 9.17) is 5.11 Å². The third kappa shape index (κ3) is 1.35. The Morgan fingerprint density at radius 2 is 2.45 bits per heavy atom. The van der Waals surface area contributed by atoms with Gasteiger partial charge in [0.05, 0.1) is 6.42 Å². The van der Waals surface area contributed by atoms with Crippen LogP contribution in [-0.2, 0) is 4.79 Å². The van der Waals surface area contributed by atoms with E-state index < -0.39 is 5.97 Å². The molecule has 0 radical (unpaired) electrons. The van der Waals surface area contributed by atoms with E-state index in [2.05, 4.69) is 5.32 Å². The second kappa shape index (κ2) is 2.64. The van der Waals surface area contributed by atoms with Crippen LogP contribution in [0.15, 0.2) is 0 Å². The van der Waals surface area contributed by atoms with Gasteiger partial charge in [-0.1, -0.05) is 0 Å². The molecule has 1 saturated carbocycles. The lowest BCUT2D eigenvalue weighted by atomic mass is 10.1. The third-order valence-electron chi connectivity index (χ3n) is 2.67. The largest absolute Gasteiger partial charge is 0.481 e. The minimum absolute atomic E-state index is 0. The molecule has 3 nitrogen and oxygen atoms in total. The van der Waals surface area contributed by atoms with Gasteiger partial charge in [0.1, 0.15) is 0 Å². The fourth-order valence-electron chi connectivity index (χ4n) is 2.02. The minimum atomic E-state index is -0.670. The molecule has 2 atom stereocenters. The molecule has 4 heteroatoms. The molecule has 2 aliphatic rings. The Morgan fingerprint density at radius 3 is 2.82 bits per heavy atom. The van der Waals surface area contributed by atoms with Crippen LogP contribution in [0.4, 0.5) is 0 Å². The number of nitrogens with one attached hydrogen (secondary N) is 1. The molecule has 0 amide bonds. The number of piperidine rings is 1. The first-order chi connectivity index (χ1) is 4.73. The number of aliphatic carboxylic acids is 1. The number of hydrogen-bond donors (Lipinski definition) is 2. The summed E-state index contributed by atoms with van der Waals surface area (Å²) in [5, 5.41) is 11.8. The van der Waals surface area contributed by atoms with Crippen molar-refractivity contribution in [2.75, 3.05) is 6.54 Å². The number of carboxylic acid groups (broad SMARTS) is 1. The quantitative estimate of drug-likeness (QED) is 0.651. The van der Waals surface area contributed by atoms with Gasteiger partial charge >= 0.3 is 5.97 Å². The average molecular weight is 178 g/mol. The SMILES string of the molecule is Cl.O=C(O)CC12CC1CCN2. The number of rotatable bonds is 2. The smallest absolute Gasteiger partial charge is 0.305 e. The maximum Gasteiger partial charge on any atom is 0.305 e. The molecule has 1 saturated heterocycles. The standard InChI is InChI=1S/C7H11NO2.ClH/c9-6(10)4-7-3-5(7)1-2-8-7;/h5,8H,1-4H2,(H,9,10);1H. The summed E-state index contributed by atoms with van der Waals surface area (Å²) in [5.74, 6) is 0.000463. The van der Waals surface area contributed by atoms with E-state index in [0.717, 1.165) is 13.0 Å². The fourth-order valence-corrected chi connectivity index (χ4v) is 2.02. The molecule has 1 aliphatic carbocycles. The van der Waals surface area contributed by atoms with Crippen LogP contribution in [0.3, 0.4) is 0 Å². The Labute approximate surface area is 71.6 Å². The predicted molar refractivity (Wildman–Crippen MR) is 43.0 cm³/mol. The van der Waals surface area contributed by atoms with Crippen molar-refractivity contribution in [2.45, 2.75) is 24.8 Å². The Kier molecular flexibility index (Phi) is 2.12. The Balaban J connectivity index is 0.000000605. The summed E-state index contributed by atoms with van der Waals surface area (Å²) in [6.45, 7) is 1.01. The highest BCUT2D eigenvalue weighted by molar-refractivity contribution is 5.85. The molecule has 1 heterocycles. The zero-order chi connectivity index (χ0) is 7.19. The molecule has 2 N–H and O–H groups in total. The van der Waals surface area contributed by atoms with Crippen LogP contribution in [-0.4, -0.2) is 23.2 Å². The van der Waals surface area contributed by atoms with Gasteiger partial charge in [-0.25, -0.2) is 0 Å². The number of carbonyl (C=O) groups is 1. The van der Waals surface area contributed by atoms with E-state index in [1.165, 1.54) is 6.42 Å². The van der Waals surface area contributed by atoms with Crippen molar-refractivity contribution in [1.29, 1.82) is 0 Å².